The van der Waals surface area contributed by atoms with Gasteiger partial charge in [-0.3, -0.25) is 4.79 Å². The highest BCUT2D eigenvalue weighted by molar-refractivity contribution is 6.10. The molecule has 0 heterocycles. The Labute approximate surface area is 142 Å². The van der Waals surface area contributed by atoms with Crippen LogP contribution in [0.5, 0.6) is 5.75 Å². The maximum absolute atomic E-state index is 12.2. The number of hydrogen-bond acceptors (Lipinski definition) is 3. The first-order valence-corrected chi connectivity index (χ1v) is 7.44. The largest absolute Gasteiger partial charge is 0.497 e. The maximum Gasteiger partial charge on any atom is 0.237 e. The Balaban J connectivity index is 2.30. The SMILES string of the molecule is COc1ccc(C#Cc2ccccc2C(=O)C#CC(C)(C)O)cc1. The molecule has 24 heavy (non-hydrogen) atoms. The second kappa shape index (κ2) is 7.51. The van der Waals surface area contributed by atoms with Gasteiger partial charge in [-0.25, -0.2) is 0 Å². The minimum atomic E-state index is -1.21. The summed E-state index contributed by atoms with van der Waals surface area (Å²) in [5.41, 5.74) is 0.638. The van der Waals surface area contributed by atoms with Gasteiger partial charge >= 0.3 is 0 Å². The first-order valence-electron chi connectivity index (χ1n) is 7.44. The second-order valence-corrected chi connectivity index (χ2v) is 5.66. The number of carbonyl (C=O) groups excluding carboxylic acids is 1. The van der Waals surface area contributed by atoms with Gasteiger partial charge in [0.2, 0.25) is 5.78 Å². The van der Waals surface area contributed by atoms with Gasteiger partial charge in [-0.1, -0.05) is 29.9 Å². The van der Waals surface area contributed by atoms with E-state index in [0.29, 0.717) is 11.1 Å². The molecule has 0 saturated carbocycles. The lowest BCUT2D eigenvalue weighted by Crippen LogP contribution is -2.15. The van der Waals surface area contributed by atoms with Gasteiger partial charge in [0.1, 0.15) is 11.4 Å². The predicted molar refractivity (Wildman–Crippen MR) is 93.8 cm³/mol. The van der Waals surface area contributed by atoms with E-state index in [2.05, 4.69) is 23.7 Å². The van der Waals surface area contributed by atoms with Crippen molar-refractivity contribution in [1.29, 1.82) is 0 Å². The zero-order chi connectivity index (χ0) is 17.6. The molecule has 0 saturated heterocycles. The van der Waals surface area contributed by atoms with Crippen LogP contribution < -0.4 is 4.74 Å². The zero-order valence-corrected chi connectivity index (χ0v) is 13.9. The van der Waals surface area contributed by atoms with Crippen LogP contribution in [-0.2, 0) is 0 Å². The van der Waals surface area contributed by atoms with E-state index in [1.165, 1.54) is 13.8 Å². The van der Waals surface area contributed by atoms with Crippen molar-refractivity contribution in [2.45, 2.75) is 19.4 Å². The molecule has 0 unspecified atom stereocenters. The van der Waals surface area contributed by atoms with Crippen molar-refractivity contribution in [3.8, 4) is 29.4 Å². The number of rotatable bonds is 2. The van der Waals surface area contributed by atoms with Crippen LogP contribution in [0.2, 0.25) is 0 Å². The maximum atomic E-state index is 12.2. The van der Waals surface area contributed by atoms with Crippen LogP contribution >= 0.6 is 0 Å². The number of hydrogen-bond donors (Lipinski definition) is 1. The Morgan fingerprint density at radius 1 is 1.04 bits per heavy atom. The normalized spacial score (nSPS) is 10.0. The lowest BCUT2D eigenvalue weighted by atomic mass is 10.0. The highest BCUT2D eigenvalue weighted by Gasteiger charge is 2.10. The fraction of sp³-hybridized carbons (Fsp3) is 0.190. The number of methoxy groups -OCH3 is 1. The summed E-state index contributed by atoms with van der Waals surface area (Å²) in [6.45, 7) is 3.06. The number of aliphatic hydroxyl groups is 1. The molecule has 120 valence electrons. The summed E-state index contributed by atoms with van der Waals surface area (Å²) in [5.74, 6) is 11.4. The van der Waals surface area contributed by atoms with E-state index in [0.717, 1.165) is 11.3 Å². The first-order chi connectivity index (χ1) is 11.4. The van der Waals surface area contributed by atoms with E-state index in [1.54, 1.807) is 25.3 Å². The smallest absolute Gasteiger partial charge is 0.237 e. The van der Waals surface area contributed by atoms with Crippen molar-refractivity contribution in [3.05, 3.63) is 65.2 Å². The molecule has 3 heteroatoms. The molecule has 3 nitrogen and oxygen atoms in total. The zero-order valence-electron chi connectivity index (χ0n) is 13.9. The van der Waals surface area contributed by atoms with Gasteiger partial charge in [0.25, 0.3) is 0 Å². The minimum absolute atomic E-state index is 0.364. The molecule has 2 aromatic carbocycles. The molecule has 0 spiro atoms. The van der Waals surface area contributed by atoms with Crippen molar-refractivity contribution < 1.29 is 14.6 Å². The van der Waals surface area contributed by atoms with Crippen LogP contribution in [0, 0.1) is 23.7 Å². The molecule has 2 aromatic rings. The summed E-state index contributed by atoms with van der Waals surface area (Å²) in [5, 5.41) is 9.61. The van der Waals surface area contributed by atoms with Gasteiger partial charge in [-0.2, -0.15) is 0 Å². The van der Waals surface area contributed by atoms with E-state index >= 15 is 0 Å². The molecular formula is C21H18O3. The molecule has 0 bridgehead atoms. The number of Topliss-reactive ketones (excluding diaryl/α,β-unsaturated/α-hetero) is 1. The van der Waals surface area contributed by atoms with Crippen LogP contribution in [0.25, 0.3) is 0 Å². The van der Waals surface area contributed by atoms with E-state index in [-0.39, 0.29) is 5.78 Å². The predicted octanol–water partition coefficient (Wildman–Crippen LogP) is 3.05. The van der Waals surface area contributed by atoms with Crippen molar-refractivity contribution in [3.63, 3.8) is 0 Å². The molecule has 0 fully saturated rings. The highest BCUT2D eigenvalue weighted by atomic mass is 16.5. The minimum Gasteiger partial charge on any atom is -0.497 e. The molecule has 0 aliphatic heterocycles. The lowest BCUT2D eigenvalue weighted by Gasteiger charge is -2.05. The average molecular weight is 318 g/mol. The molecule has 0 aliphatic rings. The van der Waals surface area contributed by atoms with Crippen LogP contribution in [0.15, 0.2) is 48.5 Å². The third-order valence-corrected chi connectivity index (χ3v) is 3.09. The Morgan fingerprint density at radius 3 is 2.33 bits per heavy atom. The number of benzene rings is 2. The van der Waals surface area contributed by atoms with Gasteiger partial charge in [0.15, 0.2) is 0 Å². The van der Waals surface area contributed by atoms with Gasteiger partial charge < -0.3 is 9.84 Å². The van der Waals surface area contributed by atoms with Gasteiger partial charge in [0.05, 0.1) is 7.11 Å². The third-order valence-electron chi connectivity index (χ3n) is 3.09. The van der Waals surface area contributed by atoms with Crippen LogP contribution in [0.4, 0.5) is 0 Å². The van der Waals surface area contributed by atoms with Crippen LogP contribution in [0.3, 0.4) is 0 Å². The van der Waals surface area contributed by atoms with E-state index in [9.17, 15) is 9.90 Å². The molecule has 0 atom stereocenters. The third kappa shape index (κ3) is 5.02. The fourth-order valence-corrected chi connectivity index (χ4v) is 1.88. The van der Waals surface area contributed by atoms with E-state index in [1.807, 2.05) is 30.3 Å². The quantitative estimate of drug-likeness (QED) is 0.526. The monoisotopic (exact) mass is 318 g/mol. The van der Waals surface area contributed by atoms with Crippen molar-refractivity contribution in [1.82, 2.24) is 0 Å². The topological polar surface area (TPSA) is 46.5 Å². The number of carbonyl (C=O) groups is 1. The van der Waals surface area contributed by atoms with Gasteiger partial charge in [-0.05, 0) is 56.2 Å². The average Bonchev–Trinajstić information content (AvgIpc) is 2.58. The molecule has 2 rings (SSSR count). The number of ether oxygens (including phenoxy) is 1. The Morgan fingerprint density at radius 2 is 1.71 bits per heavy atom. The summed E-state index contributed by atoms with van der Waals surface area (Å²) >= 11 is 0. The fourth-order valence-electron chi connectivity index (χ4n) is 1.88. The highest BCUT2D eigenvalue weighted by Crippen LogP contribution is 2.12. The summed E-state index contributed by atoms with van der Waals surface area (Å²) in [6.07, 6.45) is 0. The molecule has 1 N–H and O–H groups in total. The summed E-state index contributed by atoms with van der Waals surface area (Å²) < 4.78 is 5.11. The summed E-state index contributed by atoms with van der Waals surface area (Å²) in [4.78, 5) is 12.2. The lowest BCUT2D eigenvalue weighted by molar-refractivity contribution is 0.105. The molecule has 0 aromatic heterocycles. The van der Waals surface area contributed by atoms with E-state index in [4.69, 9.17) is 4.74 Å². The second-order valence-electron chi connectivity index (χ2n) is 5.66. The molecule has 0 radical (unpaired) electrons. The molecular weight excluding hydrogens is 300 g/mol. The first kappa shape index (κ1) is 17.3. The van der Waals surface area contributed by atoms with Crippen LogP contribution in [-0.4, -0.2) is 23.6 Å². The Kier molecular flexibility index (Phi) is 5.42. The molecule has 0 aliphatic carbocycles. The van der Waals surface area contributed by atoms with E-state index < -0.39 is 5.60 Å². The van der Waals surface area contributed by atoms with Crippen molar-refractivity contribution in [2.75, 3.05) is 7.11 Å². The van der Waals surface area contributed by atoms with Gasteiger partial charge in [-0.15, -0.1) is 0 Å². The number of ketones is 1. The van der Waals surface area contributed by atoms with Crippen molar-refractivity contribution in [2.24, 2.45) is 0 Å². The summed E-state index contributed by atoms with van der Waals surface area (Å²) in [7, 11) is 1.61. The van der Waals surface area contributed by atoms with Crippen molar-refractivity contribution >= 4 is 5.78 Å². The standard InChI is InChI=1S/C21H18O3/c1-21(2,23)15-14-20(22)19-7-5-4-6-17(19)11-8-16-9-12-18(24-3)13-10-16/h4-7,9-10,12-13,23H,1-3H3. The van der Waals surface area contributed by atoms with Gasteiger partial charge in [0, 0.05) is 16.7 Å². The Hall–Kier alpha value is -3.01. The Bertz CT molecular complexity index is 848. The van der Waals surface area contributed by atoms with Crippen LogP contribution in [0.1, 0.15) is 35.3 Å². The summed E-state index contributed by atoms with van der Waals surface area (Å²) in [6, 6.07) is 14.4. The molecule has 0 amide bonds.